The summed E-state index contributed by atoms with van der Waals surface area (Å²) < 4.78 is 12.9. The molecule has 2 rings (SSSR count). The predicted molar refractivity (Wildman–Crippen MR) is 68.4 cm³/mol. The number of hydrogen-bond donors (Lipinski definition) is 0. The molecule has 2 aromatic rings. The number of pyridine rings is 1. The average molecular weight is 248 g/mol. The molecule has 0 radical (unpaired) electrons. The lowest BCUT2D eigenvalue weighted by Gasteiger charge is -1.97. The molecule has 0 bridgehead atoms. The van der Waals surface area contributed by atoms with Gasteiger partial charge in [0.15, 0.2) is 0 Å². The summed E-state index contributed by atoms with van der Waals surface area (Å²) in [6.07, 6.45) is 7.35. The SMILES string of the molecule is Fc1cncc(C/C=C/c2ccccc2Cl)c1. The summed E-state index contributed by atoms with van der Waals surface area (Å²) in [6.45, 7) is 0. The van der Waals surface area contributed by atoms with Crippen LogP contribution in [-0.4, -0.2) is 4.98 Å². The van der Waals surface area contributed by atoms with Gasteiger partial charge in [0.05, 0.1) is 6.20 Å². The monoisotopic (exact) mass is 247 g/mol. The van der Waals surface area contributed by atoms with E-state index >= 15 is 0 Å². The van der Waals surface area contributed by atoms with E-state index in [0.29, 0.717) is 11.4 Å². The summed E-state index contributed by atoms with van der Waals surface area (Å²) in [7, 11) is 0. The molecule has 0 aliphatic rings. The molecule has 1 nitrogen and oxygen atoms in total. The highest BCUT2D eigenvalue weighted by Gasteiger charge is 1.95. The Morgan fingerprint density at radius 1 is 1.24 bits per heavy atom. The number of halogens is 2. The topological polar surface area (TPSA) is 12.9 Å². The second-order valence-electron chi connectivity index (χ2n) is 3.64. The maximum absolute atomic E-state index is 12.9. The van der Waals surface area contributed by atoms with Crippen molar-refractivity contribution < 1.29 is 4.39 Å². The molecular weight excluding hydrogens is 237 g/mol. The van der Waals surface area contributed by atoms with Crippen molar-refractivity contribution in [2.45, 2.75) is 6.42 Å². The summed E-state index contributed by atoms with van der Waals surface area (Å²) >= 11 is 6.01. The van der Waals surface area contributed by atoms with Crippen molar-refractivity contribution in [3.8, 4) is 0 Å². The summed E-state index contributed by atoms with van der Waals surface area (Å²) in [5, 5.41) is 0.709. The lowest BCUT2D eigenvalue weighted by molar-refractivity contribution is 0.619. The van der Waals surface area contributed by atoms with Gasteiger partial charge in [-0.3, -0.25) is 4.98 Å². The predicted octanol–water partition coefficient (Wildman–Crippen LogP) is 4.13. The second-order valence-corrected chi connectivity index (χ2v) is 4.05. The van der Waals surface area contributed by atoms with Gasteiger partial charge < -0.3 is 0 Å². The molecule has 0 spiro atoms. The van der Waals surface area contributed by atoms with Crippen molar-refractivity contribution in [3.63, 3.8) is 0 Å². The molecule has 0 fully saturated rings. The Labute approximate surface area is 105 Å². The smallest absolute Gasteiger partial charge is 0.141 e. The summed E-state index contributed by atoms with van der Waals surface area (Å²) in [6, 6.07) is 9.06. The van der Waals surface area contributed by atoms with Crippen molar-refractivity contribution in [2.75, 3.05) is 0 Å². The van der Waals surface area contributed by atoms with Crippen LogP contribution in [0.2, 0.25) is 5.02 Å². The van der Waals surface area contributed by atoms with Gasteiger partial charge in [-0.2, -0.15) is 0 Å². The highest BCUT2D eigenvalue weighted by Crippen LogP contribution is 2.16. The van der Waals surface area contributed by atoms with Crippen molar-refractivity contribution in [3.05, 3.63) is 70.8 Å². The summed E-state index contributed by atoms with van der Waals surface area (Å²) in [5.74, 6) is -0.311. The third-order valence-electron chi connectivity index (χ3n) is 2.32. The maximum Gasteiger partial charge on any atom is 0.141 e. The minimum Gasteiger partial charge on any atom is -0.261 e. The van der Waals surface area contributed by atoms with Crippen LogP contribution in [0.15, 0.2) is 48.8 Å². The van der Waals surface area contributed by atoms with E-state index in [-0.39, 0.29) is 5.82 Å². The first kappa shape index (κ1) is 11.8. The molecule has 0 saturated carbocycles. The molecule has 0 N–H and O–H groups in total. The molecular formula is C14H11ClFN. The normalized spacial score (nSPS) is 10.9. The third kappa shape index (κ3) is 3.40. The quantitative estimate of drug-likeness (QED) is 0.795. The molecule has 0 aliphatic heterocycles. The van der Waals surface area contributed by atoms with Crippen molar-refractivity contribution in [1.29, 1.82) is 0 Å². The van der Waals surface area contributed by atoms with Crippen LogP contribution in [0.25, 0.3) is 6.08 Å². The Hall–Kier alpha value is -1.67. The first-order valence-electron chi connectivity index (χ1n) is 5.26. The van der Waals surface area contributed by atoms with E-state index in [4.69, 9.17) is 11.6 Å². The Kier molecular flexibility index (Phi) is 3.89. The van der Waals surface area contributed by atoms with Gasteiger partial charge in [-0.1, -0.05) is 42.0 Å². The maximum atomic E-state index is 12.9. The fourth-order valence-electron chi connectivity index (χ4n) is 1.50. The highest BCUT2D eigenvalue weighted by atomic mass is 35.5. The lowest BCUT2D eigenvalue weighted by Crippen LogP contribution is -1.85. The van der Waals surface area contributed by atoms with Crippen LogP contribution in [-0.2, 0) is 6.42 Å². The van der Waals surface area contributed by atoms with Crippen LogP contribution in [0, 0.1) is 5.82 Å². The van der Waals surface area contributed by atoms with Gasteiger partial charge in [0.25, 0.3) is 0 Å². The first-order chi connectivity index (χ1) is 8.25. The average Bonchev–Trinajstić information content (AvgIpc) is 2.32. The molecule has 0 atom stereocenters. The van der Waals surface area contributed by atoms with E-state index in [0.717, 1.165) is 11.1 Å². The number of benzene rings is 1. The van der Waals surface area contributed by atoms with Crippen LogP contribution in [0.5, 0.6) is 0 Å². The van der Waals surface area contributed by atoms with Gasteiger partial charge in [-0.15, -0.1) is 0 Å². The van der Waals surface area contributed by atoms with Crippen molar-refractivity contribution in [2.24, 2.45) is 0 Å². The van der Waals surface area contributed by atoms with Crippen LogP contribution >= 0.6 is 11.6 Å². The molecule has 1 aromatic heterocycles. The zero-order valence-electron chi connectivity index (χ0n) is 9.11. The fourth-order valence-corrected chi connectivity index (χ4v) is 1.70. The van der Waals surface area contributed by atoms with E-state index in [2.05, 4.69) is 4.98 Å². The molecule has 0 amide bonds. The Morgan fingerprint density at radius 2 is 2.06 bits per heavy atom. The molecule has 1 heterocycles. The molecule has 3 heteroatoms. The number of allylic oxidation sites excluding steroid dienone is 1. The Morgan fingerprint density at radius 3 is 2.82 bits per heavy atom. The van der Waals surface area contributed by atoms with Crippen LogP contribution in [0.3, 0.4) is 0 Å². The molecule has 0 aliphatic carbocycles. The van der Waals surface area contributed by atoms with E-state index in [9.17, 15) is 4.39 Å². The second kappa shape index (κ2) is 5.60. The van der Waals surface area contributed by atoms with Crippen molar-refractivity contribution >= 4 is 17.7 Å². The number of aromatic nitrogens is 1. The van der Waals surface area contributed by atoms with E-state index in [1.54, 1.807) is 6.20 Å². The van der Waals surface area contributed by atoms with Crippen LogP contribution in [0.1, 0.15) is 11.1 Å². The zero-order valence-corrected chi connectivity index (χ0v) is 9.86. The van der Waals surface area contributed by atoms with E-state index in [1.165, 1.54) is 12.3 Å². The van der Waals surface area contributed by atoms with Gasteiger partial charge in [0, 0.05) is 11.2 Å². The van der Waals surface area contributed by atoms with Gasteiger partial charge in [-0.05, 0) is 29.7 Å². The summed E-state index contributed by atoms with van der Waals surface area (Å²) in [5.41, 5.74) is 1.80. The number of rotatable bonds is 3. The van der Waals surface area contributed by atoms with Gasteiger partial charge >= 0.3 is 0 Å². The molecule has 0 unspecified atom stereocenters. The highest BCUT2D eigenvalue weighted by molar-refractivity contribution is 6.32. The minimum absolute atomic E-state index is 0.311. The lowest BCUT2D eigenvalue weighted by atomic mass is 10.1. The third-order valence-corrected chi connectivity index (χ3v) is 2.66. The minimum atomic E-state index is -0.311. The molecule has 86 valence electrons. The first-order valence-corrected chi connectivity index (χ1v) is 5.64. The Bertz CT molecular complexity index is 537. The summed E-state index contributed by atoms with van der Waals surface area (Å²) in [4.78, 5) is 3.79. The van der Waals surface area contributed by atoms with E-state index < -0.39 is 0 Å². The standard InChI is InChI=1S/C14H11ClFN/c15-14-7-2-1-5-12(14)6-3-4-11-8-13(16)10-17-9-11/h1-3,5-10H,4H2/b6-3+. The molecule has 17 heavy (non-hydrogen) atoms. The van der Waals surface area contributed by atoms with Gasteiger partial charge in [-0.25, -0.2) is 4.39 Å². The zero-order chi connectivity index (χ0) is 12.1. The number of nitrogens with zero attached hydrogens (tertiary/aromatic N) is 1. The largest absolute Gasteiger partial charge is 0.261 e. The van der Waals surface area contributed by atoms with Crippen LogP contribution in [0.4, 0.5) is 4.39 Å². The van der Waals surface area contributed by atoms with Gasteiger partial charge in [0.1, 0.15) is 5.82 Å². The van der Waals surface area contributed by atoms with Crippen LogP contribution < -0.4 is 0 Å². The molecule has 1 aromatic carbocycles. The van der Waals surface area contributed by atoms with E-state index in [1.807, 2.05) is 36.4 Å². The molecule has 0 saturated heterocycles. The Balaban J connectivity index is 2.06. The fraction of sp³-hybridized carbons (Fsp3) is 0.0714. The number of hydrogen-bond acceptors (Lipinski definition) is 1. The van der Waals surface area contributed by atoms with Gasteiger partial charge in [0.2, 0.25) is 0 Å². The van der Waals surface area contributed by atoms with Crippen molar-refractivity contribution in [1.82, 2.24) is 4.98 Å².